The summed E-state index contributed by atoms with van der Waals surface area (Å²) in [7, 11) is 2.10. The molecule has 0 bridgehead atoms. The lowest BCUT2D eigenvalue weighted by Crippen LogP contribution is -2.50. The fourth-order valence-corrected chi connectivity index (χ4v) is 4.60. The Balaban J connectivity index is 1.51. The molecule has 1 aliphatic carbocycles. The number of aromatic nitrogens is 2. The molecule has 2 N–H and O–H groups in total. The average molecular weight is 348 g/mol. The van der Waals surface area contributed by atoms with Crippen molar-refractivity contribution in [2.45, 2.75) is 57.5 Å². The average Bonchev–Trinajstić information content (AvgIpc) is 3.13. The number of aromatic amines is 1. The highest BCUT2D eigenvalue weighted by atomic mass is 16.3. The van der Waals surface area contributed by atoms with Crippen molar-refractivity contribution >= 4 is 5.91 Å². The van der Waals surface area contributed by atoms with Crippen molar-refractivity contribution in [1.82, 2.24) is 20.0 Å². The van der Waals surface area contributed by atoms with E-state index >= 15 is 0 Å². The number of carbonyl (C=O) groups is 1. The third kappa shape index (κ3) is 4.23. The minimum atomic E-state index is -0.529. The zero-order chi connectivity index (χ0) is 17.9. The number of nitrogens with zero attached hydrogens (tertiary/aromatic N) is 3. The monoisotopic (exact) mass is 348 g/mol. The minimum Gasteiger partial charge on any atom is -0.389 e. The van der Waals surface area contributed by atoms with Gasteiger partial charge in [0.15, 0.2) is 0 Å². The second kappa shape index (κ2) is 7.46. The number of aliphatic hydroxyl groups is 1. The molecule has 0 aromatic carbocycles. The van der Waals surface area contributed by atoms with Crippen LogP contribution in [-0.4, -0.2) is 69.8 Å². The van der Waals surface area contributed by atoms with E-state index in [0.29, 0.717) is 11.0 Å². The standard InChI is InChI=1S/C19H32N4O2/c1-3-10-22(2)15-19(25)6-4-18(5-7-19)8-11-23(12-9-18)17(24)16-13-20-21-14-16/h13-14,25H,3-12,15H2,1-2H3,(H,20,21). The highest BCUT2D eigenvalue weighted by molar-refractivity contribution is 5.93. The molecule has 1 aromatic heterocycles. The number of rotatable bonds is 5. The van der Waals surface area contributed by atoms with Crippen molar-refractivity contribution in [3.8, 4) is 0 Å². The first kappa shape index (κ1) is 18.4. The van der Waals surface area contributed by atoms with Gasteiger partial charge < -0.3 is 14.9 Å². The molecule has 2 fully saturated rings. The van der Waals surface area contributed by atoms with E-state index < -0.39 is 5.60 Å². The van der Waals surface area contributed by atoms with E-state index in [1.807, 2.05) is 4.90 Å². The van der Waals surface area contributed by atoms with Gasteiger partial charge in [-0.1, -0.05) is 6.92 Å². The van der Waals surface area contributed by atoms with Crippen molar-refractivity contribution in [3.05, 3.63) is 18.0 Å². The van der Waals surface area contributed by atoms with Crippen molar-refractivity contribution in [2.75, 3.05) is 33.2 Å². The zero-order valence-corrected chi connectivity index (χ0v) is 15.6. The summed E-state index contributed by atoms with van der Waals surface area (Å²) in [6, 6.07) is 0. The Morgan fingerprint density at radius 3 is 2.52 bits per heavy atom. The maximum Gasteiger partial charge on any atom is 0.257 e. The molecule has 1 saturated carbocycles. The number of likely N-dealkylation sites (tertiary alicyclic amines) is 1. The lowest BCUT2D eigenvalue weighted by Gasteiger charge is -2.49. The molecule has 1 saturated heterocycles. The van der Waals surface area contributed by atoms with Crippen molar-refractivity contribution in [2.24, 2.45) is 5.41 Å². The molecule has 140 valence electrons. The van der Waals surface area contributed by atoms with Gasteiger partial charge >= 0.3 is 0 Å². The summed E-state index contributed by atoms with van der Waals surface area (Å²) in [6.45, 7) is 5.63. The minimum absolute atomic E-state index is 0.0807. The molecule has 25 heavy (non-hydrogen) atoms. The molecular formula is C19H32N4O2. The van der Waals surface area contributed by atoms with Gasteiger partial charge in [-0.2, -0.15) is 5.10 Å². The quantitative estimate of drug-likeness (QED) is 0.856. The first-order chi connectivity index (χ1) is 12.0. The van der Waals surface area contributed by atoms with Gasteiger partial charge in [0.05, 0.1) is 17.4 Å². The van der Waals surface area contributed by atoms with Crippen LogP contribution in [0, 0.1) is 5.41 Å². The van der Waals surface area contributed by atoms with E-state index in [9.17, 15) is 9.90 Å². The summed E-state index contributed by atoms with van der Waals surface area (Å²) in [4.78, 5) is 16.6. The first-order valence-corrected chi connectivity index (χ1v) is 9.64. The Hall–Kier alpha value is -1.40. The van der Waals surface area contributed by atoms with E-state index in [0.717, 1.165) is 71.1 Å². The van der Waals surface area contributed by atoms with Crippen LogP contribution in [-0.2, 0) is 0 Å². The lowest BCUT2D eigenvalue weighted by molar-refractivity contribution is -0.0643. The molecule has 1 spiro atoms. The van der Waals surface area contributed by atoms with Crippen LogP contribution in [0.2, 0.25) is 0 Å². The second-order valence-corrected chi connectivity index (χ2v) is 8.24. The van der Waals surface area contributed by atoms with Crippen LogP contribution in [0.4, 0.5) is 0 Å². The highest BCUT2D eigenvalue weighted by Gasteiger charge is 2.44. The Kier molecular flexibility index (Phi) is 5.49. The molecule has 3 rings (SSSR count). The number of amides is 1. The Morgan fingerprint density at radius 2 is 1.96 bits per heavy atom. The fourth-order valence-electron chi connectivity index (χ4n) is 4.60. The molecule has 6 nitrogen and oxygen atoms in total. The van der Waals surface area contributed by atoms with E-state index in [4.69, 9.17) is 0 Å². The predicted octanol–water partition coefficient (Wildman–Crippen LogP) is 2.28. The van der Waals surface area contributed by atoms with Crippen LogP contribution in [0.25, 0.3) is 0 Å². The molecule has 1 amide bonds. The number of hydrogen-bond acceptors (Lipinski definition) is 4. The highest BCUT2D eigenvalue weighted by Crippen LogP contribution is 2.47. The van der Waals surface area contributed by atoms with E-state index in [1.165, 1.54) is 0 Å². The topological polar surface area (TPSA) is 72.5 Å². The molecule has 6 heteroatoms. The Bertz CT molecular complexity index is 554. The van der Waals surface area contributed by atoms with Gasteiger partial charge in [-0.25, -0.2) is 0 Å². The summed E-state index contributed by atoms with van der Waals surface area (Å²) in [5.41, 5.74) is 0.440. The number of carbonyl (C=O) groups excluding carboxylic acids is 1. The van der Waals surface area contributed by atoms with Crippen molar-refractivity contribution < 1.29 is 9.90 Å². The smallest absolute Gasteiger partial charge is 0.257 e. The molecule has 2 aliphatic rings. The SMILES string of the molecule is CCCN(C)CC1(O)CCC2(CCN(C(=O)c3cn[nH]c3)CC2)CC1. The summed E-state index contributed by atoms with van der Waals surface area (Å²) in [5.74, 6) is 0.0807. The maximum atomic E-state index is 12.4. The maximum absolute atomic E-state index is 12.4. The van der Waals surface area contributed by atoms with Gasteiger partial charge in [-0.3, -0.25) is 9.89 Å². The van der Waals surface area contributed by atoms with Crippen LogP contribution >= 0.6 is 0 Å². The van der Waals surface area contributed by atoms with Crippen molar-refractivity contribution in [3.63, 3.8) is 0 Å². The predicted molar refractivity (Wildman–Crippen MR) is 97.4 cm³/mol. The van der Waals surface area contributed by atoms with Crippen LogP contribution in [0.3, 0.4) is 0 Å². The van der Waals surface area contributed by atoms with Crippen LogP contribution in [0.15, 0.2) is 12.4 Å². The third-order valence-electron chi connectivity index (χ3n) is 6.27. The van der Waals surface area contributed by atoms with E-state index in [1.54, 1.807) is 12.4 Å². The molecule has 1 aromatic rings. The second-order valence-electron chi connectivity index (χ2n) is 8.24. The van der Waals surface area contributed by atoms with Gasteiger partial charge in [0, 0.05) is 25.8 Å². The lowest BCUT2D eigenvalue weighted by atomic mass is 9.64. The summed E-state index contributed by atoms with van der Waals surface area (Å²) >= 11 is 0. The Morgan fingerprint density at radius 1 is 1.28 bits per heavy atom. The molecule has 0 radical (unpaired) electrons. The van der Waals surface area contributed by atoms with Crippen molar-refractivity contribution in [1.29, 1.82) is 0 Å². The van der Waals surface area contributed by atoms with Crippen LogP contribution in [0.5, 0.6) is 0 Å². The van der Waals surface area contributed by atoms with Gasteiger partial charge in [0.2, 0.25) is 0 Å². The van der Waals surface area contributed by atoms with Gasteiger partial charge in [-0.05, 0) is 64.0 Å². The zero-order valence-electron chi connectivity index (χ0n) is 15.6. The number of likely N-dealkylation sites (N-methyl/N-ethyl adjacent to an activating group) is 1. The molecular weight excluding hydrogens is 316 g/mol. The fraction of sp³-hybridized carbons (Fsp3) is 0.789. The third-order valence-corrected chi connectivity index (χ3v) is 6.27. The largest absolute Gasteiger partial charge is 0.389 e. The Labute approximate surface area is 150 Å². The normalized spacial score (nSPS) is 22.5. The molecule has 0 atom stereocenters. The summed E-state index contributed by atoms with van der Waals surface area (Å²) < 4.78 is 0. The van der Waals surface area contributed by atoms with E-state index in [2.05, 4.69) is 29.1 Å². The number of hydrogen-bond donors (Lipinski definition) is 2. The van der Waals surface area contributed by atoms with Gasteiger partial charge in [-0.15, -0.1) is 0 Å². The molecule has 0 unspecified atom stereocenters. The number of nitrogens with one attached hydrogen (secondary N) is 1. The van der Waals surface area contributed by atoms with Crippen LogP contribution < -0.4 is 0 Å². The first-order valence-electron chi connectivity index (χ1n) is 9.64. The summed E-state index contributed by atoms with van der Waals surface area (Å²) in [5, 5.41) is 17.5. The molecule has 1 aliphatic heterocycles. The molecule has 2 heterocycles. The van der Waals surface area contributed by atoms with Crippen LogP contribution in [0.1, 0.15) is 62.2 Å². The number of piperidine rings is 1. The van der Waals surface area contributed by atoms with Gasteiger partial charge in [0.1, 0.15) is 0 Å². The van der Waals surface area contributed by atoms with Gasteiger partial charge in [0.25, 0.3) is 5.91 Å². The summed E-state index contributed by atoms with van der Waals surface area (Å²) in [6.07, 6.45) is 10.4. The number of H-pyrrole nitrogens is 1. The van der Waals surface area contributed by atoms with E-state index in [-0.39, 0.29) is 5.91 Å².